The third-order valence-electron chi connectivity index (χ3n) is 4.41. The van der Waals surface area contributed by atoms with Crippen LogP contribution in [0.3, 0.4) is 0 Å². The Kier molecular flexibility index (Phi) is 5.22. The summed E-state index contributed by atoms with van der Waals surface area (Å²) in [5, 5.41) is 3.53. The molecule has 1 aliphatic rings. The maximum absolute atomic E-state index is 12.5. The average molecular weight is 375 g/mol. The molecule has 26 heavy (non-hydrogen) atoms. The number of benzene rings is 1. The van der Waals surface area contributed by atoms with Crippen molar-refractivity contribution in [3.05, 3.63) is 39.8 Å². The zero-order chi connectivity index (χ0) is 18.8. The second-order valence-electron chi connectivity index (χ2n) is 6.07. The van der Waals surface area contributed by atoms with E-state index < -0.39 is 0 Å². The summed E-state index contributed by atoms with van der Waals surface area (Å²) in [6, 6.07) is 4.98. The molecule has 2 aromatic rings. The van der Waals surface area contributed by atoms with Gasteiger partial charge in [-0.05, 0) is 26.0 Å². The van der Waals surface area contributed by atoms with Gasteiger partial charge in [0.25, 0.3) is 5.56 Å². The minimum Gasteiger partial charge on any atom is -0.493 e. The van der Waals surface area contributed by atoms with Crippen molar-refractivity contribution in [1.29, 1.82) is 0 Å². The van der Waals surface area contributed by atoms with Gasteiger partial charge in [0.05, 0.1) is 20.3 Å². The number of thioether (sulfide) groups is 1. The molecular formula is C18H21N3O4S. The van der Waals surface area contributed by atoms with Crippen molar-refractivity contribution in [2.75, 3.05) is 25.3 Å². The molecule has 8 heteroatoms. The maximum atomic E-state index is 12.5. The fourth-order valence-electron chi connectivity index (χ4n) is 2.86. The summed E-state index contributed by atoms with van der Waals surface area (Å²) in [6.07, 6.45) is 0.207. The van der Waals surface area contributed by atoms with Crippen LogP contribution in [0.2, 0.25) is 0 Å². The molecule has 0 saturated carbocycles. The SMILES string of the molecule is COc1ccc(NC(=O)CC2CSc3nc(C)c(C)c(=O)n32)cc1OC. The molecule has 3 rings (SSSR count). The lowest BCUT2D eigenvalue weighted by atomic mass is 10.2. The zero-order valence-electron chi connectivity index (χ0n) is 15.2. The van der Waals surface area contributed by atoms with E-state index in [2.05, 4.69) is 10.3 Å². The van der Waals surface area contributed by atoms with E-state index in [1.165, 1.54) is 11.8 Å². The molecular weight excluding hydrogens is 354 g/mol. The lowest BCUT2D eigenvalue weighted by Crippen LogP contribution is -2.29. The highest BCUT2D eigenvalue weighted by Crippen LogP contribution is 2.33. The molecule has 2 heterocycles. The van der Waals surface area contributed by atoms with Gasteiger partial charge in [-0.1, -0.05) is 11.8 Å². The van der Waals surface area contributed by atoms with Crippen LogP contribution in [0, 0.1) is 13.8 Å². The van der Waals surface area contributed by atoms with E-state index in [9.17, 15) is 9.59 Å². The van der Waals surface area contributed by atoms with Crippen molar-refractivity contribution in [3.8, 4) is 11.5 Å². The number of ether oxygens (including phenoxy) is 2. The zero-order valence-corrected chi connectivity index (χ0v) is 16.0. The summed E-state index contributed by atoms with van der Waals surface area (Å²) in [4.78, 5) is 29.5. The second kappa shape index (κ2) is 7.41. The molecule has 0 radical (unpaired) electrons. The van der Waals surface area contributed by atoms with Gasteiger partial charge >= 0.3 is 0 Å². The molecule has 0 bridgehead atoms. The van der Waals surface area contributed by atoms with Crippen LogP contribution in [0.1, 0.15) is 23.7 Å². The Labute approximate surface area is 155 Å². The molecule has 1 N–H and O–H groups in total. The largest absolute Gasteiger partial charge is 0.493 e. The molecule has 7 nitrogen and oxygen atoms in total. The summed E-state index contributed by atoms with van der Waals surface area (Å²) >= 11 is 1.51. The van der Waals surface area contributed by atoms with Crippen molar-refractivity contribution < 1.29 is 14.3 Å². The first-order valence-corrected chi connectivity index (χ1v) is 9.17. The number of carbonyl (C=O) groups is 1. The molecule has 1 atom stereocenters. The van der Waals surface area contributed by atoms with Gasteiger partial charge in [0.2, 0.25) is 5.91 Å². The number of hydrogen-bond donors (Lipinski definition) is 1. The Morgan fingerprint density at radius 1 is 1.31 bits per heavy atom. The highest BCUT2D eigenvalue weighted by molar-refractivity contribution is 7.99. The summed E-state index contributed by atoms with van der Waals surface area (Å²) in [5.74, 6) is 1.62. The number of nitrogens with one attached hydrogen (secondary N) is 1. The first-order chi connectivity index (χ1) is 12.4. The van der Waals surface area contributed by atoms with Gasteiger partial charge in [-0.3, -0.25) is 14.2 Å². The Bertz CT molecular complexity index is 910. The van der Waals surface area contributed by atoms with E-state index in [0.717, 1.165) is 5.69 Å². The molecule has 1 aliphatic heterocycles. The van der Waals surface area contributed by atoms with Crippen molar-refractivity contribution in [2.24, 2.45) is 0 Å². The number of aromatic nitrogens is 2. The predicted octanol–water partition coefficient (Wildman–Crippen LogP) is 2.55. The highest BCUT2D eigenvalue weighted by atomic mass is 32.2. The lowest BCUT2D eigenvalue weighted by Gasteiger charge is -2.15. The highest BCUT2D eigenvalue weighted by Gasteiger charge is 2.28. The summed E-state index contributed by atoms with van der Waals surface area (Å²) < 4.78 is 12.1. The molecule has 0 fully saturated rings. The van der Waals surface area contributed by atoms with E-state index >= 15 is 0 Å². The number of nitrogens with zero attached hydrogens (tertiary/aromatic N) is 2. The van der Waals surface area contributed by atoms with Gasteiger partial charge in [-0.15, -0.1) is 0 Å². The quantitative estimate of drug-likeness (QED) is 0.809. The Morgan fingerprint density at radius 3 is 2.73 bits per heavy atom. The van der Waals surface area contributed by atoms with Crippen molar-refractivity contribution >= 4 is 23.4 Å². The van der Waals surface area contributed by atoms with E-state index in [1.807, 2.05) is 6.92 Å². The van der Waals surface area contributed by atoms with Crippen molar-refractivity contribution in [1.82, 2.24) is 9.55 Å². The van der Waals surface area contributed by atoms with Crippen LogP contribution in [0.4, 0.5) is 5.69 Å². The van der Waals surface area contributed by atoms with Gasteiger partial charge in [0, 0.05) is 35.2 Å². The van der Waals surface area contributed by atoms with Crippen molar-refractivity contribution in [3.63, 3.8) is 0 Å². The van der Waals surface area contributed by atoms with E-state index in [0.29, 0.717) is 33.7 Å². The van der Waals surface area contributed by atoms with Gasteiger partial charge in [0.15, 0.2) is 16.7 Å². The monoisotopic (exact) mass is 375 g/mol. The average Bonchev–Trinajstić information content (AvgIpc) is 3.01. The standard InChI is InChI=1S/C18H21N3O4S/c1-10-11(2)19-18-21(17(10)23)13(9-26-18)8-16(22)20-12-5-6-14(24-3)15(7-12)25-4/h5-7,13H,8-9H2,1-4H3,(H,20,22). The third kappa shape index (κ3) is 3.41. The number of anilines is 1. The third-order valence-corrected chi connectivity index (χ3v) is 5.51. The molecule has 0 spiro atoms. The number of methoxy groups -OCH3 is 2. The normalized spacial score (nSPS) is 15.5. The van der Waals surface area contributed by atoms with Crippen LogP contribution >= 0.6 is 11.8 Å². The fraction of sp³-hybridized carbons (Fsp3) is 0.389. The smallest absolute Gasteiger partial charge is 0.257 e. The second-order valence-corrected chi connectivity index (χ2v) is 7.05. The number of fused-ring (bicyclic) bond motifs is 1. The van der Waals surface area contributed by atoms with Crippen LogP contribution < -0.4 is 20.3 Å². The topological polar surface area (TPSA) is 82.5 Å². The van der Waals surface area contributed by atoms with Gasteiger partial charge in [-0.25, -0.2) is 4.98 Å². The van der Waals surface area contributed by atoms with Crippen molar-refractivity contribution in [2.45, 2.75) is 31.5 Å². The fourth-order valence-corrected chi connectivity index (χ4v) is 4.04. The first-order valence-electron chi connectivity index (χ1n) is 8.19. The Balaban J connectivity index is 1.75. The molecule has 1 aromatic heterocycles. The minimum absolute atomic E-state index is 0.0681. The number of rotatable bonds is 5. The van der Waals surface area contributed by atoms with Crippen LogP contribution in [-0.4, -0.2) is 35.4 Å². The Morgan fingerprint density at radius 2 is 2.04 bits per heavy atom. The number of hydrogen-bond acceptors (Lipinski definition) is 6. The predicted molar refractivity (Wildman–Crippen MR) is 101 cm³/mol. The number of aryl methyl sites for hydroxylation is 1. The van der Waals surface area contributed by atoms with E-state index in [4.69, 9.17) is 9.47 Å². The lowest BCUT2D eigenvalue weighted by molar-refractivity contribution is -0.116. The molecule has 1 unspecified atom stereocenters. The molecule has 138 valence electrons. The number of carbonyl (C=O) groups excluding carboxylic acids is 1. The van der Waals surface area contributed by atoms with Gasteiger partial charge in [0.1, 0.15) is 0 Å². The summed E-state index contributed by atoms with van der Waals surface area (Å²) in [5.41, 5.74) is 1.91. The summed E-state index contributed by atoms with van der Waals surface area (Å²) in [7, 11) is 3.10. The van der Waals surface area contributed by atoms with Crippen LogP contribution in [0.15, 0.2) is 28.2 Å². The first kappa shape index (κ1) is 18.3. The summed E-state index contributed by atoms with van der Waals surface area (Å²) in [6.45, 7) is 3.59. The Hall–Kier alpha value is -2.48. The van der Waals surface area contributed by atoms with Crippen LogP contribution in [0.5, 0.6) is 11.5 Å². The molecule has 0 saturated heterocycles. The van der Waals surface area contributed by atoms with Crippen LogP contribution in [-0.2, 0) is 4.79 Å². The van der Waals surface area contributed by atoms with Gasteiger partial charge < -0.3 is 14.8 Å². The molecule has 0 aliphatic carbocycles. The van der Waals surface area contributed by atoms with E-state index in [1.54, 1.807) is 43.9 Å². The molecule has 1 amide bonds. The van der Waals surface area contributed by atoms with E-state index in [-0.39, 0.29) is 23.9 Å². The van der Waals surface area contributed by atoms with Gasteiger partial charge in [-0.2, -0.15) is 0 Å². The van der Waals surface area contributed by atoms with Crippen LogP contribution in [0.25, 0.3) is 0 Å². The molecule has 1 aromatic carbocycles. The maximum Gasteiger partial charge on any atom is 0.257 e. The minimum atomic E-state index is -0.200. The number of amides is 1.